The lowest BCUT2D eigenvalue weighted by Gasteiger charge is -2.27. The first-order valence-electron chi connectivity index (χ1n) is 4.29. The Kier molecular flexibility index (Phi) is 2.64. The standard InChI is InChI=1S/C10H17Cl/c1-8(2)6-10(3,7-11)9-4-5-9/h9H,1,4-7H2,2-3H3. The summed E-state index contributed by atoms with van der Waals surface area (Å²) in [7, 11) is 0. The summed E-state index contributed by atoms with van der Waals surface area (Å²) in [6, 6.07) is 0. The van der Waals surface area contributed by atoms with E-state index in [1.807, 2.05) is 0 Å². The number of allylic oxidation sites excluding steroid dienone is 1. The van der Waals surface area contributed by atoms with Crippen molar-refractivity contribution in [3.63, 3.8) is 0 Å². The van der Waals surface area contributed by atoms with Crippen LogP contribution in [0.2, 0.25) is 0 Å². The second-order valence-electron chi connectivity index (χ2n) is 4.20. The number of hydrogen-bond donors (Lipinski definition) is 0. The molecule has 11 heavy (non-hydrogen) atoms. The molecule has 0 radical (unpaired) electrons. The SMILES string of the molecule is C=C(C)CC(C)(CCl)C1CC1. The van der Waals surface area contributed by atoms with Gasteiger partial charge in [-0.3, -0.25) is 0 Å². The van der Waals surface area contributed by atoms with E-state index in [2.05, 4.69) is 20.4 Å². The highest BCUT2D eigenvalue weighted by Crippen LogP contribution is 2.49. The fourth-order valence-corrected chi connectivity index (χ4v) is 2.08. The van der Waals surface area contributed by atoms with Gasteiger partial charge >= 0.3 is 0 Å². The smallest absolute Gasteiger partial charge is 0.0283 e. The molecule has 0 bridgehead atoms. The first-order valence-corrected chi connectivity index (χ1v) is 4.82. The summed E-state index contributed by atoms with van der Waals surface area (Å²) in [6.45, 7) is 8.31. The summed E-state index contributed by atoms with van der Waals surface area (Å²) in [5.41, 5.74) is 1.60. The second-order valence-corrected chi connectivity index (χ2v) is 4.46. The molecule has 0 aromatic heterocycles. The largest absolute Gasteiger partial charge is 0.126 e. The molecule has 0 N–H and O–H groups in total. The van der Waals surface area contributed by atoms with Gasteiger partial charge in [0.15, 0.2) is 0 Å². The highest BCUT2D eigenvalue weighted by Gasteiger charge is 2.40. The third-order valence-electron chi connectivity index (χ3n) is 2.57. The van der Waals surface area contributed by atoms with Crippen LogP contribution in [0.1, 0.15) is 33.1 Å². The van der Waals surface area contributed by atoms with E-state index in [4.69, 9.17) is 11.6 Å². The zero-order valence-corrected chi connectivity index (χ0v) is 8.25. The van der Waals surface area contributed by atoms with Gasteiger partial charge in [-0.1, -0.05) is 12.5 Å². The molecule has 1 aliphatic rings. The highest BCUT2D eigenvalue weighted by molar-refractivity contribution is 6.18. The molecule has 1 saturated carbocycles. The van der Waals surface area contributed by atoms with Crippen molar-refractivity contribution in [3.8, 4) is 0 Å². The van der Waals surface area contributed by atoms with Gasteiger partial charge in [-0.15, -0.1) is 18.2 Å². The number of alkyl halides is 1. The Labute approximate surface area is 74.6 Å². The van der Waals surface area contributed by atoms with Gasteiger partial charge in [0.05, 0.1) is 0 Å². The minimum atomic E-state index is 0.341. The molecule has 0 amide bonds. The van der Waals surface area contributed by atoms with Gasteiger partial charge in [0.1, 0.15) is 0 Å². The highest BCUT2D eigenvalue weighted by atomic mass is 35.5. The molecular formula is C10H17Cl. The van der Waals surface area contributed by atoms with E-state index in [1.165, 1.54) is 18.4 Å². The van der Waals surface area contributed by atoms with Crippen molar-refractivity contribution in [1.29, 1.82) is 0 Å². The van der Waals surface area contributed by atoms with Gasteiger partial charge in [0.2, 0.25) is 0 Å². The van der Waals surface area contributed by atoms with Crippen molar-refractivity contribution >= 4 is 11.6 Å². The van der Waals surface area contributed by atoms with Crippen molar-refractivity contribution in [3.05, 3.63) is 12.2 Å². The number of rotatable bonds is 4. The van der Waals surface area contributed by atoms with Crippen LogP contribution in [0.4, 0.5) is 0 Å². The Balaban J connectivity index is 2.51. The van der Waals surface area contributed by atoms with E-state index in [0.29, 0.717) is 5.41 Å². The maximum atomic E-state index is 5.95. The minimum Gasteiger partial charge on any atom is -0.126 e. The predicted octanol–water partition coefficient (Wildman–Crippen LogP) is 3.61. The Morgan fingerprint density at radius 3 is 2.45 bits per heavy atom. The van der Waals surface area contributed by atoms with Gasteiger partial charge < -0.3 is 0 Å². The fourth-order valence-electron chi connectivity index (χ4n) is 1.77. The molecule has 64 valence electrons. The van der Waals surface area contributed by atoms with Crippen LogP contribution in [0.3, 0.4) is 0 Å². The third-order valence-corrected chi connectivity index (χ3v) is 3.18. The molecule has 0 spiro atoms. The van der Waals surface area contributed by atoms with Crippen molar-refractivity contribution in [2.45, 2.75) is 33.1 Å². The summed E-state index contributed by atoms with van der Waals surface area (Å²) in [6.07, 6.45) is 3.84. The van der Waals surface area contributed by atoms with Gasteiger partial charge in [-0.05, 0) is 37.5 Å². The molecule has 1 aliphatic carbocycles. The monoisotopic (exact) mass is 172 g/mol. The number of halogens is 1. The lowest BCUT2D eigenvalue weighted by Crippen LogP contribution is -2.21. The zero-order valence-electron chi connectivity index (χ0n) is 7.49. The Bertz CT molecular complexity index is 158. The maximum absolute atomic E-state index is 5.95. The Morgan fingerprint density at radius 2 is 2.18 bits per heavy atom. The van der Waals surface area contributed by atoms with Crippen molar-refractivity contribution in [2.75, 3.05) is 5.88 Å². The molecule has 0 aromatic carbocycles. The van der Waals surface area contributed by atoms with Crippen molar-refractivity contribution in [1.82, 2.24) is 0 Å². The summed E-state index contributed by atoms with van der Waals surface area (Å²) in [4.78, 5) is 0. The summed E-state index contributed by atoms with van der Waals surface area (Å²) in [5, 5.41) is 0. The van der Waals surface area contributed by atoms with E-state index < -0.39 is 0 Å². The second kappa shape index (κ2) is 3.18. The Morgan fingerprint density at radius 1 is 1.64 bits per heavy atom. The first-order chi connectivity index (χ1) is 5.08. The van der Waals surface area contributed by atoms with Crippen molar-refractivity contribution < 1.29 is 0 Å². The summed E-state index contributed by atoms with van der Waals surface area (Å²) >= 11 is 5.95. The fraction of sp³-hybridized carbons (Fsp3) is 0.800. The van der Waals surface area contributed by atoms with Crippen LogP contribution in [-0.2, 0) is 0 Å². The average molecular weight is 173 g/mol. The lowest BCUT2D eigenvalue weighted by atomic mass is 9.81. The van der Waals surface area contributed by atoms with Crippen LogP contribution < -0.4 is 0 Å². The van der Waals surface area contributed by atoms with Crippen LogP contribution in [0.15, 0.2) is 12.2 Å². The number of hydrogen-bond acceptors (Lipinski definition) is 0. The van der Waals surface area contributed by atoms with Gasteiger partial charge in [-0.25, -0.2) is 0 Å². The van der Waals surface area contributed by atoms with E-state index in [0.717, 1.165) is 18.2 Å². The molecule has 0 aliphatic heterocycles. The van der Waals surface area contributed by atoms with Gasteiger partial charge in [0.25, 0.3) is 0 Å². The minimum absolute atomic E-state index is 0.341. The zero-order chi connectivity index (χ0) is 8.48. The predicted molar refractivity (Wildman–Crippen MR) is 51.0 cm³/mol. The molecule has 0 aromatic rings. The van der Waals surface area contributed by atoms with Crippen LogP contribution in [0.5, 0.6) is 0 Å². The molecule has 1 unspecified atom stereocenters. The first kappa shape index (κ1) is 9.12. The lowest BCUT2D eigenvalue weighted by molar-refractivity contribution is 0.313. The van der Waals surface area contributed by atoms with Gasteiger partial charge in [0, 0.05) is 5.88 Å². The van der Waals surface area contributed by atoms with E-state index in [9.17, 15) is 0 Å². The third kappa shape index (κ3) is 2.23. The molecule has 1 atom stereocenters. The molecule has 1 fully saturated rings. The molecular weight excluding hydrogens is 156 g/mol. The average Bonchev–Trinajstić information content (AvgIpc) is 2.66. The topological polar surface area (TPSA) is 0 Å². The molecule has 0 saturated heterocycles. The van der Waals surface area contributed by atoms with Gasteiger partial charge in [-0.2, -0.15) is 0 Å². The molecule has 1 rings (SSSR count). The normalized spacial score (nSPS) is 22.8. The summed E-state index contributed by atoms with van der Waals surface area (Å²) < 4.78 is 0. The van der Waals surface area contributed by atoms with Crippen LogP contribution in [0, 0.1) is 11.3 Å². The quantitative estimate of drug-likeness (QED) is 0.449. The van der Waals surface area contributed by atoms with E-state index >= 15 is 0 Å². The molecule has 0 nitrogen and oxygen atoms in total. The molecule has 1 heteroatoms. The van der Waals surface area contributed by atoms with Crippen molar-refractivity contribution in [2.24, 2.45) is 11.3 Å². The van der Waals surface area contributed by atoms with Crippen LogP contribution in [-0.4, -0.2) is 5.88 Å². The molecule has 0 heterocycles. The van der Waals surface area contributed by atoms with Crippen LogP contribution >= 0.6 is 11.6 Å². The Hall–Kier alpha value is 0.0300. The van der Waals surface area contributed by atoms with E-state index in [-0.39, 0.29) is 0 Å². The maximum Gasteiger partial charge on any atom is 0.0283 e. The van der Waals surface area contributed by atoms with E-state index in [1.54, 1.807) is 0 Å². The summed E-state index contributed by atoms with van der Waals surface area (Å²) in [5.74, 6) is 1.65. The van der Waals surface area contributed by atoms with Crippen LogP contribution in [0.25, 0.3) is 0 Å².